The molecule has 2 heterocycles. The maximum absolute atomic E-state index is 6.56. The van der Waals surface area contributed by atoms with E-state index in [-0.39, 0.29) is 5.60 Å². The molecule has 2 saturated heterocycles. The minimum atomic E-state index is -0.0859. The highest BCUT2D eigenvalue weighted by Gasteiger charge is 2.50. The van der Waals surface area contributed by atoms with Crippen LogP contribution in [0.4, 0.5) is 0 Å². The van der Waals surface area contributed by atoms with Crippen LogP contribution >= 0.6 is 0 Å². The zero-order valence-electron chi connectivity index (χ0n) is 15.5. The van der Waals surface area contributed by atoms with Crippen molar-refractivity contribution in [3.8, 4) is 11.5 Å². The van der Waals surface area contributed by atoms with E-state index in [1.54, 1.807) is 0 Å². The number of ether oxygens (including phenoxy) is 2. The van der Waals surface area contributed by atoms with Crippen LogP contribution < -0.4 is 4.74 Å². The second-order valence-electron chi connectivity index (χ2n) is 8.71. The third-order valence-corrected chi connectivity index (χ3v) is 6.89. The van der Waals surface area contributed by atoms with Gasteiger partial charge in [-0.05, 0) is 79.7 Å². The highest BCUT2D eigenvalue weighted by Crippen LogP contribution is 2.56. The predicted molar refractivity (Wildman–Crippen MR) is 103 cm³/mol. The van der Waals surface area contributed by atoms with Crippen LogP contribution in [0.3, 0.4) is 0 Å². The molecule has 0 aromatic heterocycles. The van der Waals surface area contributed by atoms with Crippen molar-refractivity contribution in [1.82, 2.24) is 0 Å². The summed E-state index contributed by atoms with van der Waals surface area (Å²) in [6, 6.07) is 18.6. The fraction of sp³-hybridized carbons (Fsp3) is 0.500. The Kier molecular flexibility index (Phi) is 4.04. The van der Waals surface area contributed by atoms with Crippen molar-refractivity contribution in [3.05, 3.63) is 60.2 Å². The lowest BCUT2D eigenvalue weighted by molar-refractivity contribution is -0.192. The van der Waals surface area contributed by atoms with Gasteiger partial charge in [0.25, 0.3) is 0 Å². The van der Waals surface area contributed by atoms with Gasteiger partial charge in [-0.3, -0.25) is 0 Å². The Balaban J connectivity index is 1.30. The molecule has 2 nitrogen and oxygen atoms in total. The largest absolute Gasteiger partial charge is 0.457 e. The maximum Gasteiger partial charge on any atom is 0.127 e. The van der Waals surface area contributed by atoms with Crippen molar-refractivity contribution < 1.29 is 9.47 Å². The highest BCUT2D eigenvalue weighted by atomic mass is 16.5. The lowest BCUT2D eigenvalue weighted by atomic mass is 9.62. The van der Waals surface area contributed by atoms with Crippen LogP contribution in [0.5, 0.6) is 11.5 Å². The van der Waals surface area contributed by atoms with Gasteiger partial charge < -0.3 is 9.47 Å². The Hall–Kier alpha value is -1.80. The molecule has 136 valence electrons. The first kappa shape index (κ1) is 16.4. The summed E-state index contributed by atoms with van der Waals surface area (Å²) in [4.78, 5) is 0. The molecule has 0 unspecified atom stereocenters. The summed E-state index contributed by atoms with van der Waals surface area (Å²) in [5.41, 5.74) is 1.68. The summed E-state index contributed by atoms with van der Waals surface area (Å²) in [5.74, 6) is 2.82. The molecule has 0 spiro atoms. The molecule has 2 heteroatoms. The molecule has 2 aromatic rings. The molecule has 0 atom stereocenters. The van der Waals surface area contributed by atoms with Gasteiger partial charge >= 0.3 is 0 Å². The van der Waals surface area contributed by atoms with Crippen LogP contribution in [-0.4, -0.2) is 6.61 Å². The summed E-state index contributed by atoms with van der Waals surface area (Å²) < 4.78 is 12.6. The smallest absolute Gasteiger partial charge is 0.127 e. The second-order valence-corrected chi connectivity index (χ2v) is 8.71. The molecule has 4 fully saturated rings. The van der Waals surface area contributed by atoms with Crippen LogP contribution in [0.1, 0.15) is 56.9 Å². The first-order valence-electron chi connectivity index (χ1n) is 10.2. The monoisotopic (exact) mass is 348 g/mol. The molecule has 26 heavy (non-hydrogen) atoms. The van der Waals surface area contributed by atoms with E-state index in [2.05, 4.69) is 18.2 Å². The van der Waals surface area contributed by atoms with E-state index < -0.39 is 0 Å². The average molecular weight is 348 g/mol. The molecule has 0 N–H and O–H groups in total. The quantitative estimate of drug-likeness (QED) is 0.597. The summed E-state index contributed by atoms with van der Waals surface area (Å²) in [6.45, 7) is 0.948. The fourth-order valence-electron chi connectivity index (χ4n) is 4.84. The number of hydrogen-bond donors (Lipinski definition) is 0. The molecule has 6 rings (SSSR count). The van der Waals surface area contributed by atoms with Gasteiger partial charge in [0.05, 0.1) is 12.2 Å². The Morgan fingerprint density at radius 1 is 0.885 bits per heavy atom. The summed E-state index contributed by atoms with van der Waals surface area (Å²) in [6.07, 6.45) is 10.7. The van der Waals surface area contributed by atoms with Crippen LogP contribution in [0.15, 0.2) is 54.6 Å². The second kappa shape index (κ2) is 6.42. The highest BCUT2D eigenvalue weighted by molar-refractivity contribution is 5.37. The number of benzene rings is 2. The molecule has 2 aromatic carbocycles. The van der Waals surface area contributed by atoms with E-state index >= 15 is 0 Å². The third-order valence-electron chi connectivity index (χ3n) is 6.89. The van der Waals surface area contributed by atoms with Crippen LogP contribution in [0.25, 0.3) is 0 Å². The van der Waals surface area contributed by atoms with Gasteiger partial charge in [0.1, 0.15) is 11.5 Å². The van der Waals surface area contributed by atoms with Gasteiger partial charge in [-0.2, -0.15) is 0 Å². The van der Waals surface area contributed by atoms with Gasteiger partial charge in [0.15, 0.2) is 0 Å². The molecular formula is C24H28O2. The Morgan fingerprint density at radius 3 is 2.35 bits per heavy atom. The summed E-state index contributed by atoms with van der Waals surface area (Å²) in [5, 5.41) is 0. The minimum absolute atomic E-state index is 0.0859. The van der Waals surface area contributed by atoms with Gasteiger partial charge in [-0.1, -0.05) is 43.2 Å². The van der Waals surface area contributed by atoms with Crippen molar-refractivity contribution >= 4 is 0 Å². The van der Waals surface area contributed by atoms with Crippen molar-refractivity contribution in [2.45, 2.75) is 57.0 Å². The van der Waals surface area contributed by atoms with Crippen LogP contribution in [0, 0.1) is 11.3 Å². The van der Waals surface area contributed by atoms with Crippen molar-refractivity contribution in [2.75, 3.05) is 6.61 Å². The molecular weight excluding hydrogens is 320 g/mol. The molecule has 4 aliphatic rings. The zero-order chi connectivity index (χ0) is 17.5. The van der Waals surface area contributed by atoms with Crippen LogP contribution in [-0.2, 0) is 10.3 Å². The predicted octanol–water partition coefficient (Wildman–Crippen LogP) is 6.46. The maximum atomic E-state index is 6.56. The summed E-state index contributed by atoms with van der Waals surface area (Å²) in [7, 11) is 0. The molecule has 0 radical (unpaired) electrons. The first-order chi connectivity index (χ1) is 12.8. The third kappa shape index (κ3) is 3.16. The molecule has 2 aliphatic heterocycles. The SMILES string of the molecule is c1ccc(Oc2cccc(C34CCC(CCC5CC5)(CC3)CO4)c2)cc1. The van der Waals surface area contributed by atoms with Gasteiger partial charge in [-0.25, -0.2) is 0 Å². The number of rotatable bonds is 6. The fourth-order valence-corrected chi connectivity index (χ4v) is 4.84. The van der Waals surface area contributed by atoms with Crippen molar-refractivity contribution in [2.24, 2.45) is 11.3 Å². The molecule has 2 saturated carbocycles. The van der Waals surface area contributed by atoms with E-state index in [0.29, 0.717) is 5.41 Å². The lowest BCUT2D eigenvalue weighted by Gasteiger charge is -2.53. The van der Waals surface area contributed by atoms with E-state index in [4.69, 9.17) is 9.47 Å². The minimum Gasteiger partial charge on any atom is -0.457 e. The lowest BCUT2D eigenvalue weighted by Crippen LogP contribution is -2.49. The van der Waals surface area contributed by atoms with Crippen molar-refractivity contribution in [3.63, 3.8) is 0 Å². The normalized spacial score (nSPS) is 30.3. The average Bonchev–Trinajstić information content (AvgIpc) is 3.54. The van der Waals surface area contributed by atoms with E-state index in [1.807, 2.05) is 36.4 Å². The van der Waals surface area contributed by atoms with Gasteiger partial charge in [0, 0.05) is 0 Å². The first-order valence-corrected chi connectivity index (χ1v) is 10.2. The molecule has 2 bridgehead atoms. The van der Waals surface area contributed by atoms with Gasteiger partial charge in [0.2, 0.25) is 0 Å². The Morgan fingerprint density at radius 2 is 1.65 bits per heavy atom. The number of fused-ring (bicyclic) bond motifs is 3. The zero-order valence-corrected chi connectivity index (χ0v) is 15.5. The molecule has 0 amide bonds. The van der Waals surface area contributed by atoms with E-state index in [0.717, 1.165) is 36.9 Å². The topological polar surface area (TPSA) is 18.5 Å². The Bertz CT molecular complexity index is 738. The number of hydrogen-bond acceptors (Lipinski definition) is 2. The summed E-state index contributed by atoms with van der Waals surface area (Å²) >= 11 is 0. The standard InChI is InChI=1S/C24H28O2/c1-2-6-21(7-3-1)26-22-8-4-5-20(17-22)24-15-13-23(14-16-24,18-25-24)12-11-19-9-10-19/h1-8,17,19H,9-16,18H2. The van der Waals surface area contributed by atoms with Crippen LogP contribution in [0.2, 0.25) is 0 Å². The van der Waals surface area contributed by atoms with Gasteiger partial charge in [-0.15, -0.1) is 0 Å². The van der Waals surface area contributed by atoms with E-state index in [1.165, 1.54) is 44.1 Å². The Labute approximate surface area is 156 Å². The van der Waals surface area contributed by atoms with Crippen molar-refractivity contribution in [1.29, 1.82) is 0 Å². The van der Waals surface area contributed by atoms with E-state index in [9.17, 15) is 0 Å². The number of para-hydroxylation sites is 1. The molecule has 2 aliphatic carbocycles.